The van der Waals surface area contributed by atoms with Crippen molar-refractivity contribution in [3.63, 3.8) is 0 Å². The van der Waals surface area contributed by atoms with E-state index in [9.17, 15) is 17.6 Å². The Morgan fingerprint density at radius 3 is 2.54 bits per heavy atom. The Kier molecular flexibility index (Phi) is 3.19. The maximum Gasteiger partial charge on any atom is 0.419 e. The van der Waals surface area contributed by atoms with Gasteiger partial charge in [0, 0.05) is 12.6 Å². The zero-order chi connectivity index (χ0) is 16.9. The molecular formula is C15H11F4N5. The minimum absolute atomic E-state index is 0.0798. The van der Waals surface area contributed by atoms with Gasteiger partial charge in [-0.05, 0) is 5.56 Å². The molecule has 0 saturated carbocycles. The third-order valence-electron chi connectivity index (χ3n) is 3.95. The average Bonchev–Trinajstić information content (AvgIpc) is 3.23. The zero-order valence-electron chi connectivity index (χ0n) is 12.2. The molecule has 4 rings (SSSR count). The number of benzene rings is 1. The van der Waals surface area contributed by atoms with Crippen molar-refractivity contribution in [2.24, 2.45) is 0 Å². The molecule has 0 radical (unpaired) electrons. The van der Waals surface area contributed by atoms with Crippen molar-refractivity contribution in [1.82, 2.24) is 24.5 Å². The number of halogens is 4. The van der Waals surface area contributed by atoms with E-state index in [4.69, 9.17) is 0 Å². The molecule has 1 aliphatic rings. The van der Waals surface area contributed by atoms with Crippen molar-refractivity contribution >= 4 is 0 Å². The fraction of sp³-hybridized carbons (Fsp3) is 0.267. The number of hydrogen-bond donors (Lipinski definition) is 0. The van der Waals surface area contributed by atoms with Gasteiger partial charge in [-0.1, -0.05) is 30.3 Å². The highest BCUT2D eigenvalue weighted by atomic mass is 19.4. The van der Waals surface area contributed by atoms with E-state index in [0.717, 1.165) is 16.4 Å². The van der Waals surface area contributed by atoms with Crippen LogP contribution in [0.25, 0.3) is 5.95 Å². The Bertz CT molecular complexity index is 868. The highest BCUT2D eigenvalue weighted by Crippen LogP contribution is 2.39. The Balaban J connectivity index is 1.72. The molecule has 0 bridgehead atoms. The largest absolute Gasteiger partial charge is 0.419 e. The molecule has 3 heterocycles. The molecule has 24 heavy (non-hydrogen) atoms. The van der Waals surface area contributed by atoms with Crippen LogP contribution in [0.4, 0.5) is 17.6 Å². The van der Waals surface area contributed by atoms with Crippen LogP contribution in [0.2, 0.25) is 0 Å². The van der Waals surface area contributed by atoms with E-state index >= 15 is 0 Å². The molecule has 0 fully saturated rings. The van der Waals surface area contributed by atoms with E-state index in [1.54, 1.807) is 0 Å². The van der Waals surface area contributed by atoms with Gasteiger partial charge in [-0.15, -0.1) is 5.10 Å². The third kappa shape index (κ3) is 2.36. The summed E-state index contributed by atoms with van der Waals surface area (Å²) in [4.78, 5) is 4.02. The van der Waals surface area contributed by atoms with Crippen molar-refractivity contribution in [2.45, 2.75) is 24.8 Å². The molecule has 124 valence electrons. The molecule has 0 spiro atoms. The topological polar surface area (TPSA) is 48.5 Å². The fourth-order valence-electron chi connectivity index (χ4n) is 2.80. The molecule has 2 atom stereocenters. The summed E-state index contributed by atoms with van der Waals surface area (Å²) in [6, 6.07) is 8.88. The summed E-state index contributed by atoms with van der Waals surface area (Å²) < 4.78 is 54.6. The predicted octanol–water partition coefficient (Wildman–Crippen LogP) is 3.49. The van der Waals surface area contributed by atoms with E-state index in [1.165, 1.54) is 4.68 Å². The molecule has 5 nitrogen and oxygen atoms in total. The summed E-state index contributed by atoms with van der Waals surface area (Å²) in [7, 11) is 0. The number of fused-ring (bicyclic) bond motifs is 1. The van der Waals surface area contributed by atoms with Crippen LogP contribution in [0.3, 0.4) is 0 Å². The smallest absolute Gasteiger partial charge is 0.239 e. The third-order valence-corrected chi connectivity index (χ3v) is 3.95. The van der Waals surface area contributed by atoms with Crippen molar-refractivity contribution in [3.8, 4) is 5.95 Å². The van der Waals surface area contributed by atoms with Crippen LogP contribution in [0.15, 0.2) is 42.7 Å². The van der Waals surface area contributed by atoms with E-state index in [-0.39, 0.29) is 24.2 Å². The van der Waals surface area contributed by atoms with Crippen LogP contribution in [0, 0.1) is 0 Å². The molecule has 0 saturated heterocycles. The van der Waals surface area contributed by atoms with Gasteiger partial charge in [0.1, 0.15) is 0 Å². The maximum atomic E-state index is 14.2. The molecule has 0 unspecified atom stereocenters. The number of aromatic nitrogens is 5. The Morgan fingerprint density at radius 1 is 1.12 bits per heavy atom. The molecule has 0 aliphatic carbocycles. The number of alkyl halides is 4. The first kappa shape index (κ1) is 14.9. The Hall–Kier alpha value is -2.71. The quantitative estimate of drug-likeness (QED) is 0.673. The first-order valence-corrected chi connectivity index (χ1v) is 7.21. The van der Waals surface area contributed by atoms with Gasteiger partial charge in [0.05, 0.1) is 17.8 Å². The van der Waals surface area contributed by atoms with Crippen LogP contribution in [0.1, 0.15) is 35.6 Å². The normalized spacial score (nSPS) is 20.3. The lowest BCUT2D eigenvalue weighted by atomic mass is 10.0. The number of rotatable bonds is 2. The number of hydrogen-bond acceptors (Lipinski definition) is 3. The minimum atomic E-state index is -4.50. The second-order valence-corrected chi connectivity index (χ2v) is 5.52. The lowest BCUT2D eigenvalue weighted by Crippen LogP contribution is -2.08. The van der Waals surface area contributed by atoms with Crippen LogP contribution in [-0.4, -0.2) is 24.5 Å². The van der Waals surface area contributed by atoms with Gasteiger partial charge in [0.25, 0.3) is 5.95 Å². The molecule has 1 aromatic carbocycles. The average molecular weight is 337 g/mol. The SMILES string of the molecule is F[C@H]1C[C@@H](c2ccccc2)n2nc(-n3cc(C(F)(F)F)cn3)nc21. The van der Waals surface area contributed by atoms with Crippen LogP contribution in [-0.2, 0) is 6.18 Å². The van der Waals surface area contributed by atoms with Crippen molar-refractivity contribution in [2.75, 3.05) is 0 Å². The molecule has 1 aliphatic heterocycles. The van der Waals surface area contributed by atoms with Gasteiger partial charge >= 0.3 is 6.18 Å². The van der Waals surface area contributed by atoms with Crippen molar-refractivity contribution in [1.29, 1.82) is 0 Å². The number of nitrogens with zero attached hydrogens (tertiary/aromatic N) is 5. The van der Waals surface area contributed by atoms with E-state index in [0.29, 0.717) is 6.20 Å². The summed E-state index contributed by atoms with van der Waals surface area (Å²) in [5, 5.41) is 7.79. The molecule has 3 aromatic rings. The molecule has 0 N–H and O–H groups in total. The predicted molar refractivity (Wildman–Crippen MR) is 75.2 cm³/mol. The Labute approximate surface area is 133 Å². The minimum Gasteiger partial charge on any atom is -0.239 e. The van der Waals surface area contributed by atoms with Gasteiger partial charge in [0.2, 0.25) is 0 Å². The molecule has 9 heteroatoms. The first-order chi connectivity index (χ1) is 11.4. The van der Waals surface area contributed by atoms with Gasteiger partial charge in [0.15, 0.2) is 12.0 Å². The second-order valence-electron chi connectivity index (χ2n) is 5.52. The maximum absolute atomic E-state index is 14.2. The molecule has 2 aromatic heterocycles. The van der Waals surface area contributed by atoms with Crippen molar-refractivity contribution < 1.29 is 17.6 Å². The van der Waals surface area contributed by atoms with Gasteiger partial charge in [-0.25, -0.2) is 13.8 Å². The van der Waals surface area contributed by atoms with E-state index < -0.39 is 17.9 Å². The zero-order valence-corrected chi connectivity index (χ0v) is 12.2. The summed E-state index contributed by atoms with van der Waals surface area (Å²) in [5.41, 5.74) is -0.0411. The fourth-order valence-corrected chi connectivity index (χ4v) is 2.80. The highest BCUT2D eigenvalue weighted by molar-refractivity contribution is 5.25. The van der Waals surface area contributed by atoms with E-state index in [2.05, 4.69) is 15.2 Å². The van der Waals surface area contributed by atoms with Crippen molar-refractivity contribution in [3.05, 3.63) is 59.7 Å². The standard InChI is InChI=1S/C15H11F4N5/c16-11-6-12(9-4-2-1-3-5-9)24-13(11)21-14(22-24)23-8-10(7-20-23)15(17,18)19/h1-5,7-8,11-12H,6H2/t11-,12-/m0/s1. The lowest BCUT2D eigenvalue weighted by Gasteiger charge is -2.11. The summed E-state index contributed by atoms with van der Waals surface area (Å²) in [6.45, 7) is 0. The monoisotopic (exact) mass is 337 g/mol. The van der Waals surface area contributed by atoms with Crippen LogP contribution in [0.5, 0.6) is 0 Å². The first-order valence-electron chi connectivity index (χ1n) is 7.21. The lowest BCUT2D eigenvalue weighted by molar-refractivity contribution is -0.137. The second kappa shape index (κ2) is 5.15. The van der Waals surface area contributed by atoms with E-state index in [1.807, 2.05) is 30.3 Å². The Morgan fingerprint density at radius 2 is 1.88 bits per heavy atom. The van der Waals surface area contributed by atoms with Gasteiger partial charge < -0.3 is 0 Å². The molecule has 0 amide bonds. The van der Waals surface area contributed by atoms with Gasteiger partial charge in [-0.3, -0.25) is 0 Å². The molecular weight excluding hydrogens is 326 g/mol. The van der Waals surface area contributed by atoms with Gasteiger partial charge in [-0.2, -0.15) is 23.3 Å². The summed E-state index contributed by atoms with van der Waals surface area (Å²) in [6.07, 6.45) is -4.15. The van der Waals surface area contributed by atoms with Crippen LogP contribution >= 0.6 is 0 Å². The highest BCUT2D eigenvalue weighted by Gasteiger charge is 2.36. The van der Waals surface area contributed by atoms with Crippen LogP contribution < -0.4 is 0 Å². The summed E-state index contributed by atoms with van der Waals surface area (Å²) in [5.74, 6) is 0.0201. The summed E-state index contributed by atoms with van der Waals surface area (Å²) >= 11 is 0.